The largest absolute Gasteiger partial charge is 0.444 e. The topological polar surface area (TPSA) is 83.8 Å². The summed E-state index contributed by atoms with van der Waals surface area (Å²) >= 11 is 0. The van der Waals surface area contributed by atoms with Crippen LogP contribution in [-0.4, -0.2) is 59.0 Å². The van der Waals surface area contributed by atoms with Crippen molar-refractivity contribution in [1.29, 1.82) is 0 Å². The molecular weight excluding hydrogens is 471 g/mol. The summed E-state index contributed by atoms with van der Waals surface area (Å²) in [6.07, 6.45) is 4.74. The van der Waals surface area contributed by atoms with E-state index in [1.165, 1.54) is 0 Å². The van der Waals surface area contributed by atoms with E-state index in [-0.39, 0.29) is 30.1 Å². The first-order valence-corrected chi connectivity index (χ1v) is 9.68. The van der Waals surface area contributed by atoms with Crippen LogP contribution in [0.2, 0.25) is 0 Å². The molecule has 1 atom stereocenters. The Kier molecular flexibility index (Phi) is 10.0. The second kappa shape index (κ2) is 11.5. The van der Waals surface area contributed by atoms with E-state index in [4.69, 9.17) is 4.74 Å². The smallest absolute Gasteiger partial charge is 0.410 e. The van der Waals surface area contributed by atoms with Gasteiger partial charge in [-0.3, -0.25) is 9.67 Å². The molecular formula is C19H35IN6O2. The van der Waals surface area contributed by atoms with E-state index in [1.807, 2.05) is 43.5 Å². The number of rotatable bonds is 5. The van der Waals surface area contributed by atoms with Crippen LogP contribution < -0.4 is 10.6 Å². The van der Waals surface area contributed by atoms with Crippen molar-refractivity contribution in [2.24, 2.45) is 18.0 Å². The lowest BCUT2D eigenvalue weighted by Crippen LogP contribution is -2.44. The molecule has 0 spiro atoms. The maximum Gasteiger partial charge on any atom is 0.410 e. The Balaban J connectivity index is 0.00000392. The predicted molar refractivity (Wildman–Crippen MR) is 122 cm³/mol. The molecule has 9 heteroatoms. The molecule has 2 rings (SSSR count). The molecule has 0 radical (unpaired) electrons. The predicted octanol–water partition coefficient (Wildman–Crippen LogP) is 2.74. The highest BCUT2D eigenvalue weighted by molar-refractivity contribution is 14.0. The number of ether oxygens (including phenoxy) is 1. The molecule has 1 fully saturated rings. The van der Waals surface area contributed by atoms with Crippen LogP contribution in [0.4, 0.5) is 4.79 Å². The van der Waals surface area contributed by atoms with Gasteiger partial charge in [0.05, 0.1) is 12.2 Å². The number of nitrogens with zero attached hydrogens (tertiary/aromatic N) is 4. The molecule has 1 amide bonds. The maximum absolute atomic E-state index is 12.3. The molecule has 1 unspecified atom stereocenters. The van der Waals surface area contributed by atoms with Gasteiger partial charge in [0.15, 0.2) is 5.96 Å². The lowest BCUT2D eigenvalue weighted by Gasteiger charge is -2.34. The van der Waals surface area contributed by atoms with Gasteiger partial charge in [-0.2, -0.15) is 5.10 Å². The van der Waals surface area contributed by atoms with Gasteiger partial charge in [-0.25, -0.2) is 4.79 Å². The zero-order valence-corrected chi connectivity index (χ0v) is 20.0. The Morgan fingerprint density at radius 1 is 1.39 bits per heavy atom. The first-order chi connectivity index (χ1) is 12.8. The van der Waals surface area contributed by atoms with Crippen LogP contribution in [0.5, 0.6) is 0 Å². The number of halogens is 1. The van der Waals surface area contributed by atoms with Crippen LogP contribution in [0.15, 0.2) is 17.3 Å². The highest BCUT2D eigenvalue weighted by Crippen LogP contribution is 2.21. The van der Waals surface area contributed by atoms with Crippen LogP contribution in [-0.2, 0) is 18.3 Å². The van der Waals surface area contributed by atoms with E-state index in [0.29, 0.717) is 12.5 Å². The fraction of sp³-hybridized carbons (Fsp3) is 0.737. The van der Waals surface area contributed by atoms with Crippen LogP contribution >= 0.6 is 24.0 Å². The van der Waals surface area contributed by atoms with E-state index in [2.05, 4.69) is 20.7 Å². The number of hydrogen-bond donors (Lipinski definition) is 2. The molecule has 160 valence electrons. The molecule has 1 aliphatic heterocycles. The highest BCUT2D eigenvalue weighted by atomic mass is 127. The van der Waals surface area contributed by atoms with E-state index < -0.39 is 5.60 Å². The summed E-state index contributed by atoms with van der Waals surface area (Å²) in [6, 6.07) is 1.98. The monoisotopic (exact) mass is 506 g/mol. The maximum atomic E-state index is 12.3. The molecule has 8 nitrogen and oxygen atoms in total. The average molecular weight is 506 g/mol. The number of hydrogen-bond acceptors (Lipinski definition) is 4. The molecule has 1 aliphatic rings. The van der Waals surface area contributed by atoms with Crippen molar-refractivity contribution < 1.29 is 9.53 Å². The van der Waals surface area contributed by atoms with Gasteiger partial charge in [0.25, 0.3) is 0 Å². The number of aromatic nitrogens is 2. The van der Waals surface area contributed by atoms with Gasteiger partial charge in [-0.15, -0.1) is 24.0 Å². The van der Waals surface area contributed by atoms with E-state index in [9.17, 15) is 4.79 Å². The number of carbonyl (C=O) groups excluding carboxylic acids is 1. The first kappa shape index (κ1) is 24.5. The van der Waals surface area contributed by atoms with Crippen molar-refractivity contribution in [1.82, 2.24) is 25.3 Å². The first-order valence-electron chi connectivity index (χ1n) is 9.68. The number of carbonyl (C=O) groups is 1. The van der Waals surface area contributed by atoms with Crippen molar-refractivity contribution in [3.05, 3.63) is 18.0 Å². The fourth-order valence-corrected chi connectivity index (χ4v) is 3.16. The minimum absolute atomic E-state index is 0. The van der Waals surface area contributed by atoms with Crippen LogP contribution in [0, 0.1) is 5.92 Å². The standard InChI is InChI=1S/C19H34N6O2.HI/c1-19(2,3)27-18(26)25-12-6-7-15(14-25)8-10-21-17(20-4)22-13-16-9-11-23-24(16)5;/h9,11,15H,6-8,10,12-14H2,1-5H3,(H2,20,21,22);1H. The lowest BCUT2D eigenvalue weighted by molar-refractivity contribution is 0.0162. The zero-order valence-electron chi connectivity index (χ0n) is 17.7. The van der Waals surface area contributed by atoms with E-state index in [0.717, 1.165) is 50.6 Å². The Morgan fingerprint density at radius 3 is 2.75 bits per heavy atom. The van der Waals surface area contributed by atoms with Crippen molar-refractivity contribution >= 4 is 36.0 Å². The van der Waals surface area contributed by atoms with Gasteiger partial charge in [0.1, 0.15) is 5.60 Å². The van der Waals surface area contributed by atoms with Gasteiger partial charge in [0.2, 0.25) is 0 Å². The average Bonchev–Trinajstić information content (AvgIpc) is 3.01. The van der Waals surface area contributed by atoms with Gasteiger partial charge in [-0.1, -0.05) is 0 Å². The molecule has 1 aromatic rings. The third kappa shape index (κ3) is 8.24. The summed E-state index contributed by atoms with van der Waals surface area (Å²) in [5.41, 5.74) is 0.649. The lowest BCUT2D eigenvalue weighted by atomic mass is 9.95. The Labute approximate surface area is 185 Å². The number of aliphatic imine (C=N–C) groups is 1. The normalized spacial score (nSPS) is 17.7. The Bertz CT molecular complexity index is 641. The molecule has 0 bridgehead atoms. The molecule has 28 heavy (non-hydrogen) atoms. The molecule has 0 saturated carbocycles. The Morgan fingerprint density at radius 2 is 2.14 bits per heavy atom. The summed E-state index contributed by atoms with van der Waals surface area (Å²) in [7, 11) is 3.69. The third-order valence-corrected chi connectivity index (χ3v) is 4.60. The van der Waals surface area contributed by atoms with Gasteiger partial charge < -0.3 is 20.3 Å². The fourth-order valence-electron chi connectivity index (χ4n) is 3.16. The van der Waals surface area contributed by atoms with Crippen molar-refractivity contribution in [3.8, 4) is 0 Å². The summed E-state index contributed by atoms with van der Waals surface area (Å²) in [5, 5.41) is 10.8. The number of aryl methyl sites for hydroxylation is 1. The Hall–Kier alpha value is -1.52. The minimum Gasteiger partial charge on any atom is -0.444 e. The molecule has 2 heterocycles. The quantitative estimate of drug-likeness (QED) is 0.365. The summed E-state index contributed by atoms with van der Waals surface area (Å²) in [5.74, 6) is 1.25. The van der Waals surface area contributed by atoms with Gasteiger partial charge in [-0.05, 0) is 52.0 Å². The number of piperidine rings is 1. The van der Waals surface area contributed by atoms with E-state index in [1.54, 1.807) is 13.2 Å². The summed E-state index contributed by atoms with van der Waals surface area (Å²) in [6.45, 7) is 8.75. The van der Waals surface area contributed by atoms with Crippen molar-refractivity contribution in [2.75, 3.05) is 26.7 Å². The summed E-state index contributed by atoms with van der Waals surface area (Å²) in [4.78, 5) is 18.4. The molecule has 0 aromatic carbocycles. The van der Waals surface area contributed by atoms with Crippen molar-refractivity contribution in [3.63, 3.8) is 0 Å². The molecule has 2 N–H and O–H groups in total. The van der Waals surface area contributed by atoms with Gasteiger partial charge in [0, 0.05) is 39.9 Å². The molecule has 1 aromatic heterocycles. The van der Waals surface area contributed by atoms with Crippen LogP contribution in [0.3, 0.4) is 0 Å². The molecule has 0 aliphatic carbocycles. The second-order valence-corrected chi connectivity index (χ2v) is 8.02. The van der Waals surface area contributed by atoms with Crippen molar-refractivity contribution in [2.45, 2.75) is 52.2 Å². The SMILES string of the molecule is CN=C(NCCC1CCCN(C(=O)OC(C)(C)C)C1)NCc1ccnn1C.I. The second-order valence-electron chi connectivity index (χ2n) is 8.02. The molecule has 1 saturated heterocycles. The number of guanidine groups is 1. The number of amides is 1. The zero-order chi connectivity index (χ0) is 19.9. The van der Waals surface area contributed by atoms with Crippen LogP contribution in [0.25, 0.3) is 0 Å². The van der Waals surface area contributed by atoms with Crippen LogP contribution in [0.1, 0.15) is 45.7 Å². The number of likely N-dealkylation sites (tertiary alicyclic amines) is 1. The van der Waals surface area contributed by atoms with Gasteiger partial charge >= 0.3 is 6.09 Å². The van der Waals surface area contributed by atoms with E-state index >= 15 is 0 Å². The third-order valence-electron chi connectivity index (χ3n) is 4.60. The number of nitrogens with one attached hydrogen (secondary N) is 2. The minimum atomic E-state index is -0.447. The summed E-state index contributed by atoms with van der Waals surface area (Å²) < 4.78 is 7.34. The highest BCUT2D eigenvalue weighted by Gasteiger charge is 2.27.